The van der Waals surface area contributed by atoms with Crippen LogP contribution in [0.1, 0.15) is 24.8 Å². The van der Waals surface area contributed by atoms with Gasteiger partial charge in [0.25, 0.3) is 0 Å². The number of amides is 1. The number of carbonyl (C=O) groups excluding carboxylic acids is 1. The third-order valence-corrected chi connectivity index (χ3v) is 3.43. The van der Waals surface area contributed by atoms with E-state index in [9.17, 15) is 14.7 Å². The Morgan fingerprint density at radius 1 is 1.32 bits per heavy atom. The molecule has 0 saturated carbocycles. The van der Waals surface area contributed by atoms with Crippen molar-refractivity contribution in [2.24, 2.45) is 0 Å². The Hall–Kier alpha value is -1.92. The molecular weight excluding hydrogens is 286 g/mol. The van der Waals surface area contributed by atoms with E-state index in [2.05, 4.69) is 5.32 Å². The Kier molecular flexibility index (Phi) is 6.36. The molecule has 1 fully saturated rings. The number of aliphatic carboxylic acids is 1. The van der Waals surface area contributed by atoms with Gasteiger partial charge in [-0.25, -0.2) is 4.79 Å². The van der Waals surface area contributed by atoms with Gasteiger partial charge in [0.05, 0.1) is 13.0 Å². The number of nitrogens with one attached hydrogen (secondary N) is 1. The summed E-state index contributed by atoms with van der Waals surface area (Å²) in [6, 6.07) is 8.10. The highest BCUT2D eigenvalue weighted by Gasteiger charge is 2.23. The first-order valence-electron chi connectivity index (χ1n) is 7.44. The van der Waals surface area contributed by atoms with Crippen LogP contribution in [-0.2, 0) is 25.5 Å². The van der Waals surface area contributed by atoms with Crippen LogP contribution in [0.15, 0.2) is 30.3 Å². The highest BCUT2D eigenvalue weighted by Crippen LogP contribution is 2.13. The Bertz CT molecular complexity index is 485. The number of carboxylic acid groups (broad SMARTS) is 1. The molecule has 0 aromatic heterocycles. The lowest BCUT2D eigenvalue weighted by Crippen LogP contribution is -2.45. The molecule has 1 aliphatic rings. The van der Waals surface area contributed by atoms with Gasteiger partial charge in [-0.05, 0) is 24.8 Å². The number of ether oxygens (including phenoxy) is 2. The minimum Gasteiger partial charge on any atom is -0.480 e. The maximum Gasteiger partial charge on any atom is 0.328 e. The minimum absolute atomic E-state index is 0.0967. The van der Waals surface area contributed by atoms with Crippen molar-refractivity contribution in [2.75, 3.05) is 13.2 Å². The van der Waals surface area contributed by atoms with Gasteiger partial charge in [0, 0.05) is 6.61 Å². The van der Waals surface area contributed by atoms with Gasteiger partial charge in [-0.1, -0.05) is 30.3 Å². The highest BCUT2D eigenvalue weighted by molar-refractivity contribution is 5.84. The summed E-state index contributed by atoms with van der Waals surface area (Å²) in [5.74, 6) is -1.45. The van der Waals surface area contributed by atoms with Crippen LogP contribution in [0, 0.1) is 0 Å². The van der Waals surface area contributed by atoms with Crippen molar-refractivity contribution in [3.05, 3.63) is 35.9 Å². The second-order valence-electron chi connectivity index (χ2n) is 5.25. The van der Waals surface area contributed by atoms with Gasteiger partial charge < -0.3 is 19.9 Å². The van der Waals surface area contributed by atoms with Crippen molar-refractivity contribution in [3.8, 4) is 0 Å². The van der Waals surface area contributed by atoms with Crippen LogP contribution in [0.5, 0.6) is 0 Å². The van der Waals surface area contributed by atoms with Crippen molar-refractivity contribution in [2.45, 2.75) is 38.0 Å². The zero-order valence-corrected chi connectivity index (χ0v) is 12.4. The van der Waals surface area contributed by atoms with Gasteiger partial charge in [-0.15, -0.1) is 0 Å². The number of rotatable bonds is 7. The fraction of sp³-hybridized carbons (Fsp3) is 0.500. The molecule has 0 spiro atoms. The summed E-state index contributed by atoms with van der Waals surface area (Å²) in [5, 5.41) is 11.7. The molecule has 1 aliphatic heterocycles. The molecule has 22 heavy (non-hydrogen) atoms. The Labute approximate surface area is 129 Å². The smallest absolute Gasteiger partial charge is 0.328 e. The van der Waals surface area contributed by atoms with Gasteiger partial charge in [-0.3, -0.25) is 4.79 Å². The Morgan fingerprint density at radius 2 is 2.09 bits per heavy atom. The third kappa shape index (κ3) is 5.46. The molecule has 2 rings (SSSR count). The lowest BCUT2D eigenvalue weighted by molar-refractivity contribution is -0.172. The molecule has 1 amide bonds. The average molecular weight is 307 g/mol. The second kappa shape index (κ2) is 8.51. The molecule has 1 heterocycles. The Balaban J connectivity index is 1.80. The van der Waals surface area contributed by atoms with Crippen molar-refractivity contribution < 1.29 is 24.2 Å². The molecule has 1 unspecified atom stereocenters. The van der Waals surface area contributed by atoms with Crippen LogP contribution in [0.25, 0.3) is 0 Å². The van der Waals surface area contributed by atoms with E-state index in [0.29, 0.717) is 6.61 Å². The largest absolute Gasteiger partial charge is 0.480 e. The molecule has 2 atom stereocenters. The van der Waals surface area contributed by atoms with E-state index >= 15 is 0 Å². The first-order valence-corrected chi connectivity index (χ1v) is 7.44. The fourth-order valence-electron chi connectivity index (χ4n) is 2.25. The number of carbonyl (C=O) groups is 2. The van der Waals surface area contributed by atoms with Crippen LogP contribution >= 0.6 is 0 Å². The van der Waals surface area contributed by atoms with Gasteiger partial charge in [-0.2, -0.15) is 0 Å². The van der Waals surface area contributed by atoms with Crippen LogP contribution in [0.2, 0.25) is 0 Å². The third-order valence-electron chi connectivity index (χ3n) is 3.43. The molecule has 0 aliphatic carbocycles. The quantitative estimate of drug-likeness (QED) is 0.794. The lowest BCUT2D eigenvalue weighted by atomic mass is 10.1. The maximum absolute atomic E-state index is 11.9. The summed E-state index contributed by atoms with van der Waals surface area (Å²) in [6.07, 6.45) is 2.52. The van der Waals surface area contributed by atoms with Gasteiger partial charge >= 0.3 is 5.97 Å². The summed E-state index contributed by atoms with van der Waals surface area (Å²) in [6.45, 7) is 0.531. The molecule has 0 bridgehead atoms. The molecule has 1 aromatic rings. The van der Waals surface area contributed by atoms with E-state index in [1.54, 1.807) is 0 Å². The second-order valence-corrected chi connectivity index (χ2v) is 5.25. The van der Waals surface area contributed by atoms with Crippen LogP contribution in [-0.4, -0.2) is 42.5 Å². The summed E-state index contributed by atoms with van der Waals surface area (Å²) in [5.41, 5.74) is 0.834. The van der Waals surface area contributed by atoms with Crippen molar-refractivity contribution in [3.63, 3.8) is 0 Å². The van der Waals surface area contributed by atoms with Gasteiger partial charge in [0.15, 0.2) is 12.3 Å². The molecule has 6 heteroatoms. The predicted molar refractivity (Wildman–Crippen MR) is 79.3 cm³/mol. The number of hydrogen-bond acceptors (Lipinski definition) is 4. The van der Waals surface area contributed by atoms with E-state index < -0.39 is 12.0 Å². The van der Waals surface area contributed by atoms with E-state index in [4.69, 9.17) is 9.47 Å². The first-order chi connectivity index (χ1) is 10.6. The summed E-state index contributed by atoms with van der Waals surface area (Å²) >= 11 is 0. The minimum atomic E-state index is -1.11. The lowest BCUT2D eigenvalue weighted by Gasteiger charge is -2.24. The molecule has 1 aromatic carbocycles. The van der Waals surface area contributed by atoms with Gasteiger partial charge in [0.1, 0.15) is 0 Å². The van der Waals surface area contributed by atoms with E-state index in [1.165, 1.54) is 0 Å². The fourth-order valence-corrected chi connectivity index (χ4v) is 2.25. The topological polar surface area (TPSA) is 84.9 Å². The summed E-state index contributed by atoms with van der Waals surface area (Å²) in [7, 11) is 0. The van der Waals surface area contributed by atoms with E-state index in [-0.39, 0.29) is 25.2 Å². The van der Waals surface area contributed by atoms with Crippen LogP contribution in [0.4, 0.5) is 0 Å². The van der Waals surface area contributed by atoms with Crippen LogP contribution in [0.3, 0.4) is 0 Å². The Morgan fingerprint density at radius 3 is 2.73 bits per heavy atom. The first kappa shape index (κ1) is 16.5. The number of hydrogen-bond donors (Lipinski definition) is 2. The standard InChI is InChI=1S/C16H21NO5/c18-14(10-12-6-2-1-3-7-12)17-13(16(19)20)11-22-15-8-4-5-9-21-15/h1-3,6-7,13,15H,4-5,8-11H2,(H,17,18)(H,19,20)/t13-,15?/m0/s1. The molecular formula is C16H21NO5. The molecule has 0 radical (unpaired) electrons. The van der Waals surface area contributed by atoms with E-state index in [0.717, 1.165) is 24.8 Å². The highest BCUT2D eigenvalue weighted by atomic mass is 16.7. The summed E-state index contributed by atoms with van der Waals surface area (Å²) < 4.78 is 10.8. The van der Waals surface area contributed by atoms with Gasteiger partial charge in [0.2, 0.25) is 5.91 Å². The zero-order chi connectivity index (χ0) is 15.8. The molecule has 120 valence electrons. The maximum atomic E-state index is 11.9. The number of carboxylic acids is 1. The van der Waals surface area contributed by atoms with E-state index in [1.807, 2.05) is 30.3 Å². The van der Waals surface area contributed by atoms with Crippen LogP contribution < -0.4 is 5.32 Å². The monoisotopic (exact) mass is 307 g/mol. The molecule has 2 N–H and O–H groups in total. The number of benzene rings is 1. The van der Waals surface area contributed by atoms with Crippen molar-refractivity contribution in [1.29, 1.82) is 0 Å². The van der Waals surface area contributed by atoms with Crippen molar-refractivity contribution >= 4 is 11.9 Å². The zero-order valence-electron chi connectivity index (χ0n) is 12.4. The summed E-state index contributed by atoms with van der Waals surface area (Å²) in [4.78, 5) is 23.1. The van der Waals surface area contributed by atoms with Crippen molar-refractivity contribution in [1.82, 2.24) is 5.32 Å². The SMILES string of the molecule is O=C(Cc1ccccc1)N[C@@H](COC1CCCCO1)C(=O)O. The normalized spacial score (nSPS) is 19.4. The molecule has 1 saturated heterocycles. The average Bonchev–Trinajstić information content (AvgIpc) is 2.53. The predicted octanol–water partition coefficient (Wildman–Crippen LogP) is 1.34. The molecule has 6 nitrogen and oxygen atoms in total.